The zero-order valence-corrected chi connectivity index (χ0v) is 19.0. The number of benzene rings is 2. The molecule has 0 bridgehead atoms. The molecule has 4 rings (SSSR count). The van der Waals surface area contributed by atoms with Gasteiger partial charge in [0.1, 0.15) is 23.0 Å². The fourth-order valence-electron chi connectivity index (χ4n) is 3.66. The minimum absolute atomic E-state index is 0.207. The third-order valence-electron chi connectivity index (χ3n) is 5.22. The molecule has 0 saturated heterocycles. The second kappa shape index (κ2) is 8.95. The number of ether oxygens (including phenoxy) is 1. The number of aromatic nitrogens is 2. The highest BCUT2D eigenvalue weighted by molar-refractivity contribution is 7.19. The summed E-state index contributed by atoms with van der Waals surface area (Å²) in [4.78, 5) is 44.2. The van der Waals surface area contributed by atoms with Gasteiger partial charge in [0.15, 0.2) is 0 Å². The Morgan fingerprint density at radius 1 is 1.12 bits per heavy atom. The summed E-state index contributed by atoms with van der Waals surface area (Å²) in [5.41, 5.74) is 1.51. The summed E-state index contributed by atoms with van der Waals surface area (Å²) in [6, 6.07) is 12.4. The Hall–Kier alpha value is -3.85. The molecular formula is C24H20FN3O4S. The minimum atomic E-state index is -0.583. The van der Waals surface area contributed by atoms with E-state index in [0.717, 1.165) is 4.88 Å². The van der Waals surface area contributed by atoms with E-state index in [1.807, 2.05) is 6.92 Å². The number of hydrogen-bond donors (Lipinski definition) is 1. The number of thiophene rings is 1. The second-order valence-electron chi connectivity index (χ2n) is 7.36. The monoisotopic (exact) mass is 465 g/mol. The van der Waals surface area contributed by atoms with Crippen molar-refractivity contribution >= 4 is 39.1 Å². The van der Waals surface area contributed by atoms with Crippen LogP contribution in [0.3, 0.4) is 0 Å². The number of esters is 1. The van der Waals surface area contributed by atoms with Crippen LogP contribution in [0.4, 0.5) is 10.1 Å². The number of rotatable bonds is 5. The number of anilines is 1. The van der Waals surface area contributed by atoms with Gasteiger partial charge >= 0.3 is 5.97 Å². The molecule has 2 aromatic heterocycles. The topological polar surface area (TPSA) is 90.3 Å². The smallest absolute Gasteiger partial charge is 0.339 e. The van der Waals surface area contributed by atoms with Crippen molar-refractivity contribution in [3.8, 4) is 11.1 Å². The van der Waals surface area contributed by atoms with Gasteiger partial charge in [0.25, 0.3) is 5.56 Å². The standard InChI is InChI=1S/C24H20FN3O4S/c1-13-20(15-8-10-16(25)11-9-15)21-22(33-13)26-14(2)28(23(21)30)12-19(29)27-18-7-5-4-6-17(18)24(31)32-3/h4-11H,12H2,1-3H3,(H,27,29). The maximum Gasteiger partial charge on any atom is 0.339 e. The van der Waals surface area contributed by atoms with Crippen molar-refractivity contribution in [2.45, 2.75) is 20.4 Å². The number of nitrogens with zero attached hydrogens (tertiary/aromatic N) is 2. The predicted molar refractivity (Wildman–Crippen MR) is 125 cm³/mol. The molecule has 0 radical (unpaired) electrons. The van der Waals surface area contributed by atoms with Gasteiger partial charge in [0, 0.05) is 10.4 Å². The molecule has 33 heavy (non-hydrogen) atoms. The number of amides is 1. The highest BCUT2D eigenvalue weighted by Gasteiger charge is 2.20. The molecule has 1 amide bonds. The van der Waals surface area contributed by atoms with Crippen molar-refractivity contribution < 1.29 is 18.7 Å². The molecule has 0 unspecified atom stereocenters. The van der Waals surface area contributed by atoms with Gasteiger partial charge in [-0.3, -0.25) is 14.2 Å². The maximum atomic E-state index is 13.4. The van der Waals surface area contributed by atoms with Gasteiger partial charge in [-0.1, -0.05) is 24.3 Å². The number of methoxy groups -OCH3 is 1. The number of nitrogens with one attached hydrogen (secondary N) is 1. The van der Waals surface area contributed by atoms with Crippen LogP contribution in [-0.4, -0.2) is 28.5 Å². The Bertz CT molecular complexity index is 1440. The average Bonchev–Trinajstić information content (AvgIpc) is 3.12. The van der Waals surface area contributed by atoms with E-state index < -0.39 is 11.9 Å². The SMILES string of the molecule is COC(=O)c1ccccc1NC(=O)Cn1c(C)nc2sc(C)c(-c3ccc(F)cc3)c2c1=O. The Labute approximate surface area is 192 Å². The molecule has 7 nitrogen and oxygen atoms in total. The molecule has 0 fully saturated rings. The number of halogens is 1. The van der Waals surface area contributed by atoms with Gasteiger partial charge in [-0.15, -0.1) is 11.3 Å². The predicted octanol–water partition coefficient (Wildman–Crippen LogP) is 4.31. The Balaban J connectivity index is 1.73. The summed E-state index contributed by atoms with van der Waals surface area (Å²) in [5, 5.41) is 3.05. The Morgan fingerprint density at radius 3 is 2.52 bits per heavy atom. The van der Waals surface area contributed by atoms with Gasteiger partial charge in [0.2, 0.25) is 5.91 Å². The summed E-state index contributed by atoms with van der Waals surface area (Å²) in [6.07, 6.45) is 0. The first-order chi connectivity index (χ1) is 15.8. The fraction of sp³-hybridized carbons (Fsp3) is 0.167. The summed E-state index contributed by atoms with van der Waals surface area (Å²) < 4.78 is 19.5. The van der Waals surface area contributed by atoms with Gasteiger partial charge in [-0.25, -0.2) is 14.2 Å². The molecule has 9 heteroatoms. The first-order valence-electron chi connectivity index (χ1n) is 10.0. The molecule has 0 atom stereocenters. The molecule has 0 spiro atoms. The van der Waals surface area contributed by atoms with Crippen LogP contribution in [-0.2, 0) is 16.1 Å². The van der Waals surface area contributed by atoms with E-state index in [9.17, 15) is 18.8 Å². The van der Waals surface area contributed by atoms with Crippen molar-refractivity contribution in [1.29, 1.82) is 0 Å². The lowest BCUT2D eigenvalue weighted by molar-refractivity contribution is -0.116. The summed E-state index contributed by atoms with van der Waals surface area (Å²) in [7, 11) is 1.26. The van der Waals surface area contributed by atoms with Crippen molar-refractivity contribution in [1.82, 2.24) is 9.55 Å². The van der Waals surface area contributed by atoms with Crippen molar-refractivity contribution in [3.63, 3.8) is 0 Å². The Morgan fingerprint density at radius 2 is 1.82 bits per heavy atom. The number of carbonyl (C=O) groups excluding carboxylic acids is 2. The Kier molecular flexibility index (Phi) is 6.06. The normalized spacial score (nSPS) is 10.9. The van der Waals surface area contributed by atoms with E-state index in [4.69, 9.17) is 4.74 Å². The van der Waals surface area contributed by atoms with E-state index in [1.54, 1.807) is 37.3 Å². The number of fused-ring (bicyclic) bond motifs is 1. The molecule has 4 aromatic rings. The molecule has 0 aliphatic carbocycles. The lowest BCUT2D eigenvalue weighted by Gasteiger charge is -2.12. The first kappa shape index (κ1) is 22.3. The summed E-state index contributed by atoms with van der Waals surface area (Å²) >= 11 is 1.37. The van der Waals surface area contributed by atoms with Crippen LogP contribution in [0.5, 0.6) is 0 Å². The first-order valence-corrected chi connectivity index (χ1v) is 10.9. The van der Waals surface area contributed by atoms with Crippen LogP contribution in [0.25, 0.3) is 21.3 Å². The highest BCUT2D eigenvalue weighted by Crippen LogP contribution is 2.35. The maximum absolute atomic E-state index is 13.4. The zero-order valence-electron chi connectivity index (χ0n) is 18.1. The molecule has 0 saturated carbocycles. The van der Waals surface area contributed by atoms with Gasteiger partial charge in [-0.2, -0.15) is 0 Å². The van der Waals surface area contributed by atoms with Crippen LogP contribution >= 0.6 is 11.3 Å². The van der Waals surface area contributed by atoms with E-state index in [-0.39, 0.29) is 29.2 Å². The van der Waals surface area contributed by atoms with Crippen LogP contribution < -0.4 is 10.9 Å². The number of hydrogen-bond acceptors (Lipinski definition) is 6. The third kappa shape index (κ3) is 4.27. The second-order valence-corrected chi connectivity index (χ2v) is 8.56. The summed E-state index contributed by atoms with van der Waals surface area (Å²) in [6.45, 7) is 3.24. The van der Waals surface area contributed by atoms with Gasteiger partial charge in [0.05, 0.1) is 23.7 Å². The fourth-order valence-corrected chi connectivity index (χ4v) is 4.74. The number of aryl methyl sites for hydroxylation is 2. The summed E-state index contributed by atoms with van der Waals surface area (Å²) in [5.74, 6) is -1.06. The lowest BCUT2D eigenvalue weighted by Crippen LogP contribution is -2.30. The zero-order chi connectivity index (χ0) is 23.7. The largest absolute Gasteiger partial charge is 0.465 e. The molecule has 0 aliphatic heterocycles. The molecule has 1 N–H and O–H groups in total. The van der Waals surface area contributed by atoms with Crippen LogP contribution in [0.2, 0.25) is 0 Å². The third-order valence-corrected chi connectivity index (χ3v) is 6.22. The van der Waals surface area contributed by atoms with Crippen LogP contribution in [0.15, 0.2) is 53.3 Å². The lowest BCUT2D eigenvalue weighted by atomic mass is 10.0. The number of carbonyl (C=O) groups is 2. The molecule has 2 heterocycles. The van der Waals surface area contributed by atoms with Crippen molar-refractivity contribution in [3.05, 3.63) is 81.0 Å². The van der Waals surface area contributed by atoms with Crippen LogP contribution in [0.1, 0.15) is 21.1 Å². The van der Waals surface area contributed by atoms with Crippen LogP contribution in [0, 0.1) is 19.7 Å². The van der Waals surface area contributed by atoms with E-state index in [2.05, 4.69) is 10.3 Å². The van der Waals surface area contributed by atoms with Crippen molar-refractivity contribution in [2.75, 3.05) is 12.4 Å². The van der Waals surface area contributed by atoms with E-state index >= 15 is 0 Å². The molecular weight excluding hydrogens is 445 g/mol. The van der Waals surface area contributed by atoms with E-state index in [1.165, 1.54) is 41.2 Å². The van der Waals surface area contributed by atoms with E-state index in [0.29, 0.717) is 27.2 Å². The van der Waals surface area contributed by atoms with Crippen molar-refractivity contribution in [2.24, 2.45) is 0 Å². The number of para-hydroxylation sites is 1. The highest BCUT2D eigenvalue weighted by atomic mass is 32.1. The molecule has 0 aliphatic rings. The quantitative estimate of drug-likeness (QED) is 0.444. The van der Waals surface area contributed by atoms with Gasteiger partial charge in [-0.05, 0) is 43.7 Å². The molecule has 168 valence electrons. The average molecular weight is 466 g/mol. The minimum Gasteiger partial charge on any atom is -0.465 e. The van der Waals surface area contributed by atoms with Gasteiger partial charge < -0.3 is 10.1 Å². The molecule has 2 aromatic carbocycles.